The van der Waals surface area contributed by atoms with Crippen molar-refractivity contribution in [2.45, 2.75) is 6.42 Å². The van der Waals surface area contributed by atoms with E-state index in [1.165, 1.54) is 24.3 Å². The molecule has 2 rings (SSSR count). The Labute approximate surface area is 133 Å². The zero-order valence-corrected chi connectivity index (χ0v) is 12.2. The second-order valence-electron chi connectivity index (χ2n) is 4.91. The molecule has 0 bridgehead atoms. The third-order valence-corrected chi connectivity index (χ3v) is 3.20. The SMILES string of the molecule is O=C(/C=C/c1cc(O)c(O)c(O)c1)NCCc1ccccc1O. The molecule has 0 heterocycles. The first-order valence-corrected chi connectivity index (χ1v) is 6.95. The lowest BCUT2D eigenvalue weighted by Crippen LogP contribution is -2.23. The minimum Gasteiger partial charge on any atom is -0.508 e. The van der Waals surface area contributed by atoms with Crippen molar-refractivity contribution in [3.63, 3.8) is 0 Å². The fraction of sp³-hybridized carbons (Fsp3) is 0.118. The Morgan fingerprint density at radius 1 is 1.00 bits per heavy atom. The van der Waals surface area contributed by atoms with E-state index in [1.54, 1.807) is 24.3 Å². The van der Waals surface area contributed by atoms with Gasteiger partial charge >= 0.3 is 0 Å². The van der Waals surface area contributed by atoms with E-state index in [0.717, 1.165) is 5.56 Å². The quantitative estimate of drug-likeness (QED) is 0.427. The Hall–Kier alpha value is -3.15. The van der Waals surface area contributed by atoms with E-state index in [9.17, 15) is 25.2 Å². The van der Waals surface area contributed by atoms with E-state index >= 15 is 0 Å². The number of amides is 1. The van der Waals surface area contributed by atoms with E-state index in [2.05, 4.69) is 5.32 Å². The lowest BCUT2D eigenvalue weighted by molar-refractivity contribution is -0.116. The predicted molar refractivity (Wildman–Crippen MR) is 85.3 cm³/mol. The van der Waals surface area contributed by atoms with Crippen LogP contribution in [0.15, 0.2) is 42.5 Å². The third-order valence-electron chi connectivity index (χ3n) is 3.20. The smallest absolute Gasteiger partial charge is 0.244 e. The maximum atomic E-state index is 11.7. The van der Waals surface area contributed by atoms with Crippen molar-refractivity contribution in [3.8, 4) is 23.0 Å². The predicted octanol–water partition coefficient (Wildman–Crippen LogP) is 1.88. The van der Waals surface area contributed by atoms with Crippen LogP contribution in [0, 0.1) is 0 Å². The normalized spacial score (nSPS) is 10.8. The second-order valence-corrected chi connectivity index (χ2v) is 4.91. The molecule has 6 heteroatoms. The van der Waals surface area contributed by atoms with Crippen molar-refractivity contribution in [2.75, 3.05) is 6.54 Å². The summed E-state index contributed by atoms with van der Waals surface area (Å²) in [6.45, 7) is 0.354. The lowest BCUT2D eigenvalue weighted by atomic mass is 10.1. The van der Waals surface area contributed by atoms with Crippen molar-refractivity contribution in [3.05, 3.63) is 53.6 Å². The number of carbonyl (C=O) groups is 1. The first-order chi connectivity index (χ1) is 11.0. The standard InChI is InChI=1S/C17H17NO5/c19-13-4-2-1-3-12(13)7-8-18-16(22)6-5-11-9-14(20)17(23)15(21)10-11/h1-6,9-10,19-21,23H,7-8H2,(H,18,22)/b6-5+. The molecule has 0 saturated heterocycles. The summed E-state index contributed by atoms with van der Waals surface area (Å²) in [6, 6.07) is 9.34. The van der Waals surface area contributed by atoms with Crippen molar-refractivity contribution >= 4 is 12.0 Å². The first-order valence-electron chi connectivity index (χ1n) is 6.95. The molecule has 0 aliphatic heterocycles. The molecular weight excluding hydrogens is 298 g/mol. The van der Waals surface area contributed by atoms with Gasteiger partial charge in [-0.05, 0) is 41.8 Å². The number of para-hydroxylation sites is 1. The molecule has 6 nitrogen and oxygen atoms in total. The maximum absolute atomic E-state index is 11.7. The molecule has 0 spiro atoms. The van der Waals surface area contributed by atoms with Crippen molar-refractivity contribution in [1.82, 2.24) is 5.32 Å². The fourth-order valence-electron chi connectivity index (χ4n) is 2.00. The number of phenolic OH excluding ortho intramolecular Hbond substituents is 4. The topological polar surface area (TPSA) is 110 Å². The molecule has 23 heavy (non-hydrogen) atoms. The van der Waals surface area contributed by atoms with Gasteiger partial charge in [0.05, 0.1) is 0 Å². The molecule has 2 aromatic rings. The van der Waals surface area contributed by atoms with Crippen LogP contribution >= 0.6 is 0 Å². The molecule has 0 atom stereocenters. The summed E-state index contributed by atoms with van der Waals surface area (Å²) in [7, 11) is 0. The van der Waals surface area contributed by atoms with Gasteiger partial charge in [-0.3, -0.25) is 4.79 Å². The highest BCUT2D eigenvalue weighted by Gasteiger charge is 2.06. The molecule has 0 aliphatic rings. The molecular formula is C17H17NO5. The summed E-state index contributed by atoms with van der Waals surface area (Å²) in [5, 5.41) is 40.2. The van der Waals surface area contributed by atoms with Gasteiger partial charge in [0.2, 0.25) is 5.91 Å². The molecule has 0 aliphatic carbocycles. The van der Waals surface area contributed by atoms with E-state index in [4.69, 9.17) is 0 Å². The fourth-order valence-corrected chi connectivity index (χ4v) is 2.00. The van der Waals surface area contributed by atoms with Gasteiger partial charge in [0.25, 0.3) is 0 Å². The molecule has 0 radical (unpaired) electrons. The maximum Gasteiger partial charge on any atom is 0.244 e. The van der Waals surface area contributed by atoms with Crippen LogP contribution < -0.4 is 5.32 Å². The van der Waals surface area contributed by atoms with Gasteiger partial charge in [0.15, 0.2) is 17.2 Å². The number of benzene rings is 2. The zero-order chi connectivity index (χ0) is 16.8. The van der Waals surface area contributed by atoms with Gasteiger partial charge in [-0.1, -0.05) is 18.2 Å². The van der Waals surface area contributed by atoms with Crippen LogP contribution in [0.2, 0.25) is 0 Å². The lowest BCUT2D eigenvalue weighted by Gasteiger charge is -2.05. The van der Waals surface area contributed by atoms with Crippen LogP contribution in [0.25, 0.3) is 6.08 Å². The Bertz CT molecular complexity index is 717. The average Bonchev–Trinajstić information content (AvgIpc) is 2.52. The van der Waals surface area contributed by atoms with Gasteiger partial charge in [-0.15, -0.1) is 0 Å². The number of nitrogens with one attached hydrogen (secondary N) is 1. The molecule has 0 fully saturated rings. The Kier molecular flexibility index (Phi) is 5.09. The van der Waals surface area contributed by atoms with E-state index < -0.39 is 17.2 Å². The van der Waals surface area contributed by atoms with Gasteiger partial charge in [-0.25, -0.2) is 0 Å². The van der Waals surface area contributed by atoms with Crippen LogP contribution in [-0.4, -0.2) is 32.9 Å². The van der Waals surface area contributed by atoms with Crippen LogP contribution in [0.5, 0.6) is 23.0 Å². The summed E-state index contributed by atoms with van der Waals surface area (Å²) >= 11 is 0. The van der Waals surface area contributed by atoms with Crippen LogP contribution in [0.1, 0.15) is 11.1 Å². The molecule has 1 amide bonds. The molecule has 2 aromatic carbocycles. The Morgan fingerprint density at radius 3 is 2.30 bits per heavy atom. The number of rotatable bonds is 5. The number of hydrogen-bond acceptors (Lipinski definition) is 5. The van der Waals surface area contributed by atoms with Crippen molar-refractivity contribution in [1.29, 1.82) is 0 Å². The van der Waals surface area contributed by atoms with E-state index in [1.807, 2.05) is 0 Å². The molecule has 0 saturated carbocycles. The number of carbonyl (C=O) groups excluding carboxylic acids is 1. The highest BCUT2D eigenvalue weighted by atomic mass is 16.3. The highest BCUT2D eigenvalue weighted by molar-refractivity contribution is 5.91. The van der Waals surface area contributed by atoms with Gasteiger partial charge in [-0.2, -0.15) is 0 Å². The van der Waals surface area contributed by atoms with Gasteiger partial charge < -0.3 is 25.7 Å². The van der Waals surface area contributed by atoms with E-state index in [0.29, 0.717) is 18.5 Å². The highest BCUT2D eigenvalue weighted by Crippen LogP contribution is 2.35. The largest absolute Gasteiger partial charge is 0.508 e. The summed E-state index contributed by atoms with van der Waals surface area (Å²) in [4.78, 5) is 11.7. The Morgan fingerprint density at radius 2 is 1.65 bits per heavy atom. The van der Waals surface area contributed by atoms with Crippen molar-refractivity contribution in [2.24, 2.45) is 0 Å². The summed E-state index contributed by atoms with van der Waals surface area (Å²) in [6.07, 6.45) is 3.14. The molecule has 0 aromatic heterocycles. The molecule has 120 valence electrons. The van der Waals surface area contributed by atoms with E-state index in [-0.39, 0.29) is 11.7 Å². The Balaban J connectivity index is 1.88. The number of aromatic hydroxyl groups is 4. The number of phenols is 4. The monoisotopic (exact) mass is 315 g/mol. The summed E-state index contributed by atoms with van der Waals surface area (Å²) < 4.78 is 0. The minimum absolute atomic E-state index is 0.187. The van der Waals surface area contributed by atoms with Crippen LogP contribution in [0.3, 0.4) is 0 Å². The van der Waals surface area contributed by atoms with Gasteiger partial charge in [0.1, 0.15) is 5.75 Å². The molecule has 5 N–H and O–H groups in total. The average molecular weight is 315 g/mol. The zero-order valence-electron chi connectivity index (χ0n) is 12.2. The second kappa shape index (κ2) is 7.22. The first kappa shape index (κ1) is 16.2. The van der Waals surface area contributed by atoms with Crippen LogP contribution in [-0.2, 0) is 11.2 Å². The van der Waals surface area contributed by atoms with Crippen molar-refractivity contribution < 1.29 is 25.2 Å². The summed E-state index contributed by atoms with van der Waals surface area (Å²) in [5.74, 6) is -1.71. The molecule has 0 unspecified atom stereocenters. The van der Waals surface area contributed by atoms with Gasteiger partial charge in [0, 0.05) is 12.6 Å². The van der Waals surface area contributed by atoms with Crippen LogP contribution in [0.4, 0.5) is 0 Å². The third kappa shape index (κ3) is 4.41. The summed E-state index contributed by atoms with van der Waals surface area (Å²) in [5.41, 5.74) is 1.11. The minimum atomic E-state index is -0.603. The number of hydrogen-bond donors (Lipinski definition) is 5.